The van der Waals surface area contributed by atoms with Crippen molar-refractivity contribution in [3.05, 3.63) is 47.3 Å². The number of benzene rings is 1. The van der Waals surface area contributed by atoms with Crippen molar-refractivity contribution in [2.75, 3.05) is 18.8 Å². The van der Waals surface area contributed by atoms with Crippen molar-refractivity contribution in [3.8, 4) is 0 Å². The molecule has 0 aliphatic heterocycles. The van der Waals surface area contributed by atoms with E-state index in [4.69, 9.17) is 0 Å². The van der Waals surface area contributed by atoms with Crippen molar-refractivity contribution in [2.24, 2.45) is 0 Å². The van der Waals surface area contributed by atoms with Crippen molar-refractivity contribution >= 4 is 28.6 Å². The van der Waals surface area contributed by atoms with Gasteiger partial charge in [0.05, 0.1) is 16.7 Å². The molecule has 1 aromatic carbocycles. The second-order valence-corrected chi connectivity index (χ2v) is 6.73. The summed E-state index contributed by atoms with van der Waals surface area (Å²) in [7, 11) is 0. The molecule has 134 valence electrons. The molecule has 0 radical (unpaired) electrons. The highest BCUT2D eigenvalue weighted by molar-refractivity contribution is 7.99. The smallest absolute Gasteiger partial charge is 0.262 e. The Morgan fingerprint density at radius 1 is 1.28 bits per heavy atom. The molecule has 25 heavy (non-hydrogen) atoms. The first kappa shape index (κ1) is 19.2. The van der Waals surface area contributed by atoms with Crippen molar-refractivity contribution in [3.63, 3.8) is 0 Å². The third-order valence-electron chi connectivity index (χ3n) is 3.80. The Bertz CT molecular complexity index is 795. The van der Waals surface area contributed by atoms with Gasteiger partial charge in [-0.2, -0.15) is 0 Å². The lowest BCUT2D eigenvalue weighted by Gasteiger charge is -2.21. The van der Waals surface area contributed by atoms with Crippen LogP contribution in [0.3, 0.4) is 0 Å². The molecular weight excluding hydrogens is 334 g/mol. The number of hydrogen-bond acceptors (Lipinski definition) is 4. The number of rotatable bonds is 9. The number of carbonyl (C=O) groups is 1. The Labute approximate surface area is 152 Å². The van der Waals surface area contributed by atoms with Crippen LogP contribution in [0.1, 0.15) is 26.7 Å². The number of allylic oxidation sites excluding steroid dienone is 1. The van der Waals surface area contributed by atoms with Crippen LogP contribution in [0.5, 0.6) is 0 Å². The van der Waals surface area contributed by atoms with E-state index in [1.165, 1.54) is 11.8 Å². The molecule has 2 rings (SSSR count). The Balaban J connectivity index is 2.27. The van der Waals surface area contributed by atoms with Crippen molar-refractivity contribution in [1.29, 1.82) is 0 Å². The lowest BCUT2D eigenvalue weighted by atomic mass is 10.2. The number of hydrogen-bond donors (Lipinski definition) is 0. The summed E-state index contributed by atoms with van der Waals surface area (Å²) >= 11 is 1.32. The first-order chi connectivity index (χ1) is 12.1. The topological polar surface area (TPSA) is 55.2 Å². The van der Waals surface area contributed by atoms with Crippen LogP contribution in [0.25, 0.3) is 10.9 Å². The number of nitrogens with zero attached hydrogens (tertiary/aromatic N) is 3. The summed E-state index contributed by atoms with van der Waals surface area (Å²) in [6, 6.07) is 7.28. The zero-order valence-corrected chi connectivity index (χ0v) is 15.7. The van der Waals surface area contributed by atoms with E-state index in [9.17, 15) is 9.59 Å². The molecule has 1 heterocycles. The molecular formula is C19H25N3O2S. The van der Waals surface area contributed by atoms with Crippen molar-refractivity contribution < 1.29 is 4.79 Å². The number of aromatic nitrogens is 2. The molecule has 0 bridgehead atoms. The van der Waals surface area contributed by atoms with Gasteiger partial charge in [-0.15, -0.1) is 6.58 Å². The van der Waals surface area contributed by atoms with Crippen LogP contribution < -0.4 is 5.56 Å². The van der Waals surface area contributed by atoms with Gasteiger partial charge >= 0.3 is 0 Å². The molecule has 2 aromatic rings. The normalized spacial score (nSPS) is 10.8. The first-order valence-corrected chi connectivity index (χ1v) is 9.61. The van der Waals surface area contributed by atoms with Gasteiger partial charge in [-0.1, -0.05) is 43.8 Å². The molecule has 0 spiro atoms. The minimum atomic E-state index is -0.0978. The van der Waals surface area contributed by atoms with Gasteiger partial charge < -0.3 is 4.90 Å². The Morgan fingerprint density at radius 3 is 2.60 bits per heavy atom. The van der Waals surface area contributed by atoms with Crippen molar-refractivity contribution in [2.45, 2.75) is 38.4 Å². The largest absolute Gasteiger partial charge is 0.342 e. The first-order valence-electron chi connectivity index (χ1n) is 8.63. The van der Waals surface area contributed by atoms with Crippen LogP contribution in [0, 0.1) is 0 Å². The number of carbonyl (C=O) groups excluding carboxylic acids is 1. The zero-order valence-electron chi connectivity index (χ0n) is 14.9. The van der Waals surface area contributed by atoms with Gasteiger partial charge in [0.15, 0.2) is 5.16 Å². The standard InChI is InChI=1S/C19H25N3O2S/c1-4-11-21(12-5-2)17(23)14-25-19-20-16-10-8-7-9-15(16)18(24)22(19)13-6-3/h6-10H,3-5,11-14H2,1-2H3. The molecule has 6 heteroatoms. The molecule has 0 saturated heterocycles. The summed E-state index contributed by atoms with van der Waals surface area (Å²) < 4.78 is 1.58. The molecule has 0 aliphatic rings. The third kappa shape index (κ3) is 4.72. The summed E-state index contributed by atoms with van der Waals surface area (Å²) in [5, 5.41) is 1.14. The Morgan fingerprint density at radius 2 is 1.96 bits per heavy atom. The van der Waals surface area contributed by atoms with Crippen molar-refractivity contribution in [1.82, 2.24) is 14.5 Å². The highest BCUT2D eigenvalue weighted by Gasteiger charge is 2.15. The fourth-order valence-electron chi connectivity index (χ4n) is 2.67. The quantitative estimate of drug-likeness (QED) is 0.391. The summed E-state index contributed by atoms with van der Waals surface area (Å²) in [4.78, 5) is 31.6. The predicted molar refractivity (Wildman–Crippen MR) is 104 cm³/mol. The van der Waals surface area contributed by atoms with Gasteiger partial charge in [0, 0.05) is 19.6 Å². The van der Waals surface area contributed by atoms with Gasteiger partial charge in [-0.25, -0.2) is 4.98 Å². The van der Waals surface area contributed by atoms with E-state index in [2.05, 4.69) is 25.4 Å². The molecule has 0 N–H and O–H groups in total. The Kier molecular flexibility index (Phi) is 7.25. The molecule has 1 amide bonds. The molecule has 0 atom stereocenters. The van der Waals surface area contributed by atoms with Gasteiger partial charge in [-0.3, -0.25) is 14.2 Å². The van der Waals surface area contributed by atoms with E-state index in [1.807, 2.05) is 23.1 Å². The second-order valence-electron chi connectivity index (χ2n) is 5.79. The molecule has 0 aliphatic carbocycles. The second kappa shape index (κ2) is 9.42. The van der Waals surface area contributed by atoms with E-state index in [0.717, 1.165) is 25.9 Å². The highest BCUT2D eigenvalue weighted by Crippen LogP contribution is 2.18. The summed E-state index contributed by atoms with van der Waals surface area (Å²) in [6.45, 7) is 9.75. The maximum Gasteiger partial charge on any atom is 0.262 e. The molecule has 5 nitrogen and oxygen atoms in total. The van der Waals surface area contributed by atoms with E-state index < -0.39 is 0 Å². The lowest BCUT2D eigenvalue weighted by molar-refractivity contribution is -0.128. The lowest BCUT2D eigenvalue weighted by Crippen LogP contribution is -2.34. The van der Waals surface area contributed by atoms with E-state index in [1.54, 1.807) is 16.7 Å². The summed E-state index contributed by atoms with van der Waals surface area (Å²) in [6.07, 6.45) is 3.54. The zero-order chi connectivity index (χ0) is 18.2. The SMILES string of the molecule is C=CCn1c(SCC(=O)N(CCC)CCC)nc2ccccc2c1=O. The minimum absolute atomic E-state index is 0.0845. The molecule has 1 aromatic heterocycles. The third-order valence-corrected chi connectivity index (χ3v) is 4.76. The summed E-state index contributed by atoms with van der Waals surface area (Å²) in [5.41, 5.74) is 0.557. The molecule has 0 saturated carbocycles. The fraction of sp³-hybridized carbons (Fsp3) is 0.421. The van der Waals surface area contributed by atoms with Crippen LogP contribution in [-0.2, 0) is 11.3 Å². The number of para-hydroxylation sites is 1. The van der Waals surface area contributed by atoms with Crippen LogP contribution in [0.15, 0.2) is 46.9 Å². The number of thioether (sulfide) groups is 1. The predicted octanol–water partition coefficient (Wildman–Crippen LogP) is 3.32. The number of amides is 1. The highest BCUT2D eigenvalue weighted by atomic mass is 32.2. The maximum absolute atomic E-state index is 12.7. The average Bonchev–Trinajstić information content (AvgIpc) is 2.62. The van der Waals surface area contributed by atoms with Gasteiger partial charge in [0.25, 0.3) is 5.56 Å². The van der Waals surface area contributed by atoms with Crippen LogP contribution >= 0.6 is 11.8 Å². The monoisotopic (exact) mass is 359 g/mol. The van der Waals surface area contributed by atoms with E-state index in [-0.39, 0.29) is 17.2 Å². The maximum atomic E-state index is 12.7. The minimum Gasteiger partial charge on any atom is -0.342 e. The summed E-state index contributed by atoms with van der Waals surface area (Å²) in [5.74, 6) is 0.364. The number of fused-ring (bicyclic) bond motifs is 1. The van der Waals surface area contributed by atoms with Crippen LogP contribution in [0.2, 0.25) is 0 Å². The fourth-order valence-corrected chi connectivity index (χ4v) is 3.58. The van der Waals surface area contributed by atoms with E-state index in [0.29, 0.717) is 22.6 Å². The molecule has 0 unspecified atom stereocenters. The van der Waals surface area contributed by atoms with E-state index >= 15 is 0 Å². The molecule has 0 fully saturated rings. The van der Waals surface area contributed by atoms with Crippen LogP contribution in [-0.4, -0.2) is 39.2 Å². The van der Waals surface area contributed by atoms with Gasteiger partial charge in [0.1, 0.15) is 0 Å². The average molecular weight is 359 g/mol. The Hall–Kier alpha value is -2.08. The van der Waals surface area contributed by atoms with Crippen LogP contribution in [0.4, 0.5) is 0 Å². The van der Waals surface area contributed by atoms with Gasteiger partial charge in [-0.05, 0) is 25.0 Å². The van der Waals surface area contributed by atoms with Gasteiger partial charge in [0.2, 0.25) is 5.91 Å².